The van der Waals surface area contributed by atoms with Gasteiger partial charge in [-0.15, -0.1) is 0 Å². The molecule has 0 unspecified atom stereocenters. The monoisotopic (exact) mass is 441 g/mol. The van der Waals surface area contributed by atoms with Gasteiger partial charge in [0.1, 0.15) is 0 Å². The smallest absolute Gasteiger partial charge is 0.256 e. The van der Waals surface area contributed by atoms with E-state index in [1.807, 2.05) is 9.80 Å². The molecule has 1 aromatic heterocycles. The third-order valence-corrected chi connectivity index (χ3v) is 7.00. The fourth-order valence-corrected chi connectivity index (χ4v) is 5.04. The summed E-state index contributed by atoms with van der Waals surface area (Å²) in [6, 6.07) is 0. The van der Waals surface area contributed by atoms with E-state index in [2.05, 4.69) is 27.0 Å². The van der Waals surface area contributed by atoms with E-state index in [4.69, 9.17) is 4.74 Å². The van der Waals surface area contributed by atoms with E-state index in [1.165, 1.54) is 19.3 Å². The van der Waals surface area contributed by atoms with Gasteiger partial charge in [-0.25, -0.2) is 9.97 Å². The zero-order valence-corrected chi connectivity index (χ0v) is 19.1. The van der Waals surface area contributed by atoms with Crippen molar-refractivity contribution in [2.75, 3.05) is 57.9 Å². The van der Waals surface area contributed by atoms with Crippen LogP contribution >= 0.6 is 0 Å². The minimum atomic E-state index is -0.0116. The summed E-state index contributed by atoms with van der Waals surface area (Å²) in [6.07, 6.45) is 13.6. The number of likely N-dealkylation sites (tertiary alicyclic amines) is 1. The summed E-state index contributed by atoms with van der Waals surface area (Å²) in [5.74, 6) is 1.23. The average molecular weight is 442 g/mol. The highest BCUT2D eigenvalue weighted by atomic mass is 16.5. The first kappa shape index (κ1) is 22.7. The van der Waals surface area contributed by atoms with Gasteiger partial charge in [0, 0.05) is 64.7 Å². The van der Waals surface area contributed by atoms with Crippen molar-refractivity contribution in [1.29, 1.82) is 0 Å². The second-order valence-corrected chi connectivity index (χ2v) is 9.04. The number of carbonyl (C=O) groups is 2. The van der Waals surface area contributed by atoms with Crippen LogP contribution in [0, 0.1) is 11.8 Å². The minimum absolute atomic E-state index is 0.00461. The number of amides is 2. The number of hydrogen-bond acceptors (Lipinski definition) is 6. The second-order valence-electron chi connectivity index (χ2n) is 9.04. The van der Waals surface area contributed by atoms with E-state index in [9.17, 15) is 9.59 Å². The van der Waals surface area contributed by atoms with Gasteiger partial charge in [-0.2, -0.15) is 0 Å². The van der Waals surface area contributed by atoms with Crippen molar-refractivity contribution >= 4 is 17.8 Å². The van der Waals surface area contributed by atoms with Gasteiger partial charge >= 0.3 is 0 Å². The lowest BCUT2D eigenvalue weighted by atomic mass is 9.81. The molecule has 0 radical (unpaired) electrons. The van der Waals surface area contributed by atoms with E-state index >= 15 is 0 Å². The number of hydrogen-bond donors (Lipinski definition) is 0. The Balaban J connectivity index is 1.32. The lowest BCUT2D eigenvalue weighted by Crippen LogP contribution is -2.44. The van der Waals surface area contributed by atoms with Crippen LogP contribution in [0.4, 0.5) is 5.95 Å². The first-order valence-corrected chi connectivity index (χ1v) is 12.0. The van der Waals surface area contributed by atoms with Crippen LogP contribution in [0.15, 0.2) is 24.5 Å². The van der Waals surface area contributed by atoms with E-state index in [0.29, 0.717) is 44.3 Å². The molecule has 0 saturated carbocycles. The fourth-order valence-electron chi connectivity index (χ4n) is 5.04. The van der Waals surface area contributed by atoms with E-state index in [0.717, 1.165) is 38.3 Å². The van der Waals surface area contributed by atoms with Gasteiger partial charge in [0.25, 0.3) is 5.91 Å². The number of ether oxygens (including phenoxy) is 1. The highest BCUT2D eigenvalue weighted by molar-refractivity contribution is 5.93. The van der Waals surface area contributed by atoms with Gasteiger partial charge in [0.15, 0.2) is 0 Å². The molecule has 1 atom stereocenters. The van der Waals surface area contributed by atoms with E-state index < -0.39 is 0 Å². The highest BCUT2D eigenvalue weighted by Gasteiger charge is 2.35. The van der Waals surface area contributed by atoms with Gasteiger partial charge in [0.2, 0.25) is 11.9 Å². The summed E-state index contributed by atoms with van der Waals surface area (Å²) < 4.78 is 5.16. The third kappa shape index (κ3) is 5.28. The molecule has 2 saturated heterocycles. The average Bonchev–Trinajstić information content (AvgIpc) is 3.04. The van der Waals surface area contributed by atoms with Crippen molar-refractivity contribution in [2.24, 2.45) is 11.8 Å². The number of anilines is 1. The molecule has 8 nitrogen and oxygen atoms in total. The van der Waals surface area contributed by atoms with Crippen LogP contribution in [0.25, 0.3) is 0 Å². The van der Waals surface area contributed by atoms with Crippen LogP contribution in [0.2, 0.25) is 0 Å². The Morgan fingerprint density at radius 3 is 2.47 bits per heavy atom. The fraction of sp³-hybridized carbons (Fsp3) is 0.667. The predicted molar refractivity (Wildman–Crippen MR) is 122 cm³/mol. The van der Waals surface area contributed by atoms with Crippen molar-refractivity contribution in [3.05, 3.63) is 30.1 Å². The molecular formula is C24H35N5O3. The van der Waals surface area contributed by atoms with E-state index in [-0.39, 0.29) is 17.7 Å². The first-order valence-electron chi connectivity index (χ1n) is 12.0. The van der Waals surface area contributed by atoms with Gasteiger partial charge in [-0.05, 0) is 44.4 Å². The van der Waals surface area contributed by atoms with Crippen molar-refractivity contribution < 1.29 is 14.3 Å². The molecule has 0 spiro atoms. The Hall–Kier alpha value is -2.48. The molecule has 4 heterocycles. The Bertz CT molecular complexity index is 798. The molecule has 3 aliphatic rings. The molecule has 8 heteroatoms. The van der Waals surface area contributed by atoms with Crippen LogP contribution in [0.3, 0.4) is 0 Å². The largest absolute Gasteiger partial charge is 0.383 e. The lowest BCUT2D eigenvalue weighted by Gasteiger charge is -2.36. The van der Waals surface area contributed by atoms with E-state index in [1.54, 1.807) is 19.5 Å². The lowest BCUT2D eigenvalue weighted by molar-refractivity contribution is -0.137. The molecule has 32 heavy (non-hydrogen) atoms. The topological polar surface area (TPSA) is 78.9 Å². The summed E-state index contributed by atoms with van der Waals surface area (Å²) >= 11 is 0. The molecule has 1 aromatic rings. The third-order valence-electron chi connectivity index (χ3n) is 7.00. The Morgan fingerprint density at radius 2 is 1.78 bits per heavy atom. The van der Waals surface area contributed by atoms with Gasteiger partial charge in [0.05, 0.1) is 12.2 Å². The molecule has 0 bridgehead atoms. The standard InChI is InChI=1S/C24H35N5O3/c1-32-16-15-27-10-6-3-7-21(23(27)31)19-8-13-28(14-9-19)22(30)20-17-25-24(26-18-20)29-11-4-2-5-12-29/h3,6,17-19,21H,2,4-5,7-16H2,1H3/t21-/m0/s1. The molecule has 3 aliphatic heterocycles. The SMILES string of the molecule is COCCN1CC=CC[C@@H](C2CCN(C(=O)c3cnc(N4CCCCC4)nc3)CC2)C1=O. The van der Waals surface area contributed by atoms with Crippen LogP contribution in [-0.2, 0) is 9.53 Å². The quantitative estimate of drug-likeness (QED) is 0.631. The summed E-state index contributed by atoms with van der Waals surface area (Å²) in [5, 5.41) is 0. The number of nitrogens with zero attached hydrogens (tertiary/aromatic N) is 5. The van der Waals surface area contributed by atoms with Gasteiger partial charge in [-0.3, -0.25) is 9.59 Å². The number of carbonyl (C=O) groups excluding carboxylic acids is 2. The normalized spacial score (nSPS) is 22.8. The predicted octanol–water partition coefficient (Wildman–Crippen LogP) is 2.37. The molecular weight excluding hydrogens is 406 g/mol. The van der Waals surface area contributed by atoms with Crippen LogP contribution < -0.4 is 4.90 Å². The Kier molecular flexibility index (Phi) is 7.73. The molecule has 174 valence electrons. The second kappa shape index (κ2) is 10.9. The number of piperidine rings is 2. The van der Waals surface area contributed by atoms with Crippen LogP contribution in [-0.4, -0.2) is 84.6 Å². The summed E-state index contributed by atoms with van der Waals surface area (Å²) in [7, 11) is 1.66. The Morgan fingerprint density at radius 1 is 1.06 bits per heavy atom. The van der Waals surface area contributed by atoms with Crippen LogP contribution in [0.5, 0.6) is 0 Å². The molecule has 2 amide bonds. The first-order chi connectivity index (χ1) is 15.7. The molecule has 4 rings (SSSR count). The molecule has 2 fully saturated rings. The zero-order valence-electron chi connectivity index (χ0n) is 19.1. The van der Waals surface area contributed by atoms with Crippen molar-refractivity contribution in [3.8, 4) is 0 Å². The summed E-state index contributed by atoms with van der Waals surface area (Å²) in [6.45, 7) is 5.14. The maximum absolute atomic E-state index is 13.1. The van der Waals surface area contributed by atoms with Crippen molar-refractivity contribution in [1.82, 2.24) is 19.8 Å². The molecule has 0 aromatic carbocycles. The van der Waals surface area contributed by atoms with Crippen LogP contribution in [0.1, 0.15) is 48.9 Å². The maximum Gasteiger partial charge on any atom is 0.256 e. The van der Waals surface area contributed by atoms with Crippen molar-refractivity contribution in [2.45, 2.75) is 38.5 Å². The number of rotatable bonds is 6. The maximum atomic E-state index is 13.1. The van der Waals surface area contributed by atoms with Gasteiger partial charge < -0.3 is 19.4 Å². The number of allylic oxidation sites excluding steroid dienone is 1. The number of methoxy groups -OCH3 is 1. The Labute approximate surface area is 190 Å². The minimum Gasteiger partial charge on any atom is -0.383 e. The number of aromatic nitrogens is 2. The molecule has 0 aliphatic carbocycles. The van der Waals surface area contributed by atoms with Crippen molar-refractivity contribution in [3.63, 3.8) is 0 Å². The highest BCUT2D eigenvalue weighted by Crippen LogP contribution is 2.31. The summed E-state index contributed by atoms with van der Waals surface area (Å²) in [5.41, 5.74) is 0.545. The molecule has 0 N–H and O–H groups in total. The zero-order chi connectivity index (χ0) is 22.3. The van der Waals surface area contributed by atoms with Gasteiger partial charge in [-0.1, -0.05) is 12.2 Å². The summed E-state index contributed by atoms with van der Waals surface area (Å²) in [4.78, 5) is 41.0.